The fourth-order valence-electron chi connectivity index (χ4n) is 2.59. The van der Waals surface area contributed by atoms with Gasteiger partial charge in [-0.2, -0.15) is 0 Å². The third kappa shape index (κ3) is 4.92. The zero-order valence-corrected chi connectivity index (χ0v) is 16.4. The van der Waals surface area contributed by atoms with Crippen molar-refractivity contribution >= 4 is 35.3 Å². The number of carbonyl (C=O) groups excluding carboxylic acids is 2. The molecule has 0 aliphatic heterocycles. The molecule has 6 heteroatoms. The number of benzene rings is 2. The van der Waals surface area contributed by atoms with Gasteiger partial charge in [0.1, 0.15) is 11.5 Å². The Balaban J connectivity index is 1.87. The number of hydrogen-bond acceptors (Lipinski definition) is 4. The topological polar surface area (TPSA) is 71.3 Å². The van der Waals surface area contributed by atoms with Gasteiger partial charge in [-0.25, -0.2) is 0 Å². The lowest BCUT2D eigenvalue weighted by atomic mass is 10.1. The number of anilines is 1. The van der Waals surface area contributed by atoms with Gasteiger partial charge >= 0.3 is 0 Å². The summed E-state index contributed by atoms with van der Waals surface area (Å²) in [6.45, 7) is 1.91. The summed E-state index contributed by atoms with van der Waals surface area (Å²) in [5, 5.41) is 5.56. The molecule has 0 unspecified atom stereocenters. The SMILES string of the molecule is CSc1ccccc1NC(=O)/C(=C/c1ccco1)NC(=O)c1cccc(C)c1. The second kappa shape index (κ2) is 9.10. The van der Waals surface area contributed by atoms with E-state index in [9.17, 15) is 9.59 Å². The summed E-state index contributed by atoms with van der Waals surface area (Å²) in [6, 6.07) is 18.1. The van der Waals surface area contributed by atoms with Crippen LogP contribution >= 0.6 is 11.8 Å². The minimum atomic E-state index is -0.432. The van der Waals surface area contributed by atoms with Crippen molar-refractivity contribution in [3.63, 3.8) is 0 Å². The standard InChI is InChI=1S/C22H20N2O3S/c1-15-7-5-8-16(13-15)21(25)24-19(14-17-9-6-12-27-17)22(26)23-18-10-3-4-11-20(18)28-2/h3-14H,1-2H3,(H,23,26)(H,24,25)/b19-14-. The molecular weight excluding hydrogens is 372 g/mol. The Morgan fingerprint density at radius 3 is 2.57 bits per heavy atom. The highest BCUT2D eigenvalue weighted by molar-refractivity contribution is 7.98. The lowest BCUT2D eigenvalue weighted by Gasteiger charge is -2.13. The number of rotatable bonds is 6. The van der Waals surface area contributed by atoms with Crippen LogP contribution in [0.2, 0.25) is 0 Å². The van der Waals surface area contributed by atoms with Gasteiger partial charge in [0.05, 0.1) is 12.0 Å². The summed E-state index contributed by atoms with van der Waals surface area (Å²) in [6.07, 6.45) is 4.95. The fourth-order valence-corrected chi connectivity index (χ4v) is 3.15. The molecule has 2 aromatic carbocycles. The maximum atomic E-state index is 12.9. The maximum absolute atomic E-state index is 12.9. The van der Waals surface area contributed by atoms with Crippen LogP contribution in [0.4, 0.5) is 5.69 Å². The highest BCUT2D eigenvalue weighted by Crippen LogP contribution is 2.25. The second-order valence-electron chi connectivity index (χ2n) is 6.05. The summed E-state index contributed by atoms with van der Waals surface area (Å²) in [4.78, 5) is 26.5. The van der Waals surface area contributed by atoms with Crippen molar-refractivity contribution in [2.24, 2.45) is 0 Å². The van der Waals surface area contributed by atoms with E-state index in [1.165, 1.54) is 24.1 Å². The Morgan fingerprint density at radius 2 is 1.86 bits per heavy atom. The van der Waals surface area contributed by atoms with Crippen molar-refractivity contribution in [3.05, 3.63) is 89.5 Å². The predicted octanol–water partition coefficient (Wildman–Crippen LogP) is 4.72. The molecule has 0 aliphatic rings. The van der Waals surface area contributed by atoms with Gasteiger partial charge in [-0.3, -0.25) is 9.59 Å². The number of hydrogen-bond donors (Lipinski definition) is 2. The van der Waals surface area contributed by atoms with Crippen LogP contribution in [0.15, 0.2) is 81.9 Å². The Hall–Kier alpha value is -3.25. The first-order chi connectivity index (χ1) is 13.6. The van der Waals surface area contributed by atoms with Crippen LogP contribution in [-0.4, -0.2) is 18.1 Å². The molecule has 1 aromatic heterocycles. The van der Waals surface area contributed by atoms with E-state index in [1.54, 1.807) is 30.3 Å². The Morgan fingerprint density at radius 1 is 1.04 bits per heavy atom. The first-order valence-corrected chi connectivity index (χ1v) is 9.87. The predicted molar refractivity (Wildman–Crippen MR) is 112 cm³/mol. The van der Waals surface area contributed by atoms with E-state index in [0.717, 1.165) is 10.5 Å². The van der Waals surface area contributed by atoms with Crippen LogP contribution in [0.5, 0.6) is 0 Å². The third-order valence-corrected chi connectivity index (χ3v) is 4.75. The molecule has 28 heavy (non-hydrogen) atoms. The van der Waals surface area contributed by atoms with Gasteiger partial charge in [0.25, 0.3) is 11.8 Å². The number of aryl methyl sites for hydroxylation is 1. The highest BCUT2D eigenvalue weighted by atomic mass is 32.2. The van der Waals surface area contributed by atoms with Crippen molar-refractivity contribution in [2.75, 3.05) is 11.6 Å². The van der Waals surface area contributed by atoms with Crippen molar-refractivity contribution in [3.8, 4) is 0 Å². The molecule has 2 N–H and O–H groups in total. The van der Waals surface area contributed by atoms with E-state index in [-0.39, 0.29) is 11.6 Å². The Labute approximate surface area is 167 Å². The summed E-state index contributed by atoms with van der Waals surface area (Å²) in [7, 11) is 0. The number of thioether (sulfide) groups is 1. The molecule has 0 atom stereocenters. The van der Waals surface area contributed by atoms with Gasteiger partial charge < -0.3 is 15.1 Å². The summed E-state index contributed by atoms with van der Waals surface area (Å²) in [5.74, 6) is -0.332. The molecular formula is C22H20N2O3S. The quantitative estimate of drug-likeness (QED) is 0.470. The van der Waals surface area contributed by atoms with Crippen LogP contribution in [0, 0.1) is 6.92 Å². The zero-order valence-electron chi connectivity index (χ0n) is 15.6. The second-order valence-corrected chi connectivity index (χ2v) is 6.90. The summed E-state index contributed by atoms with van der Waals surface area (Å²) in [5.41, 5.74) is 2.21. The van der Waals surface area contributed by atoms with Gasteiger partial charge in [0, 0.05) is 16.5 Å². The molecule has 2 amide bonds. The number of para-hydroxylation sites is 1. The molecule has 0 aliphatic carbocycles. The van der Waals surface area contributed by atoms with Crippen molar-refractivity contribution in [1.29, 1.82) is 0 Å². The van der Waals surface area contributed by atoms with E-state index in [0.29, 0.717) is 17.0 Å². The monoisotopic (exact) mass is 392 g/mol. The molecule has 0 fully saturated rings. The van der Waals surface area contributed by atoms with Gasteiger partial charge in [-0.1, -0.05) is 29.8 Å². The van der Waals surface area contributed by atoms with Gasteiger partial charge in [0.15, 0.2) is 0 Å². The highest BCUT2D eigenvalue weighted by Gasteiger charge is 2.16. The van der Waals surface area contributed by atoms with E-state index < -0.39 is 5.91 Å². The minimum absolute atomic E-state index is 0.0948. The average Bonchev–Trinajstić information content (AvgIpc) is 3.21. The first-order valence-electron chi connectivity index (χ1n) is 8.64. The number of furan rings is 1. The van der Waals surface area contributed by atoms with Crippen LogP contribution in [0.1, 0.15) is 21.7 Å². The molecule has 1 heterocycles. The van der Waals surface area contributed by atoms with Crippen molar-refractivity contribution in [2.45, 2.75) is 11.8 Å². The Kier molecular flexibility index (Phi) is 6.34. The first kappa shape index (κ1) is 19.5. The van der Waals surface area contributed by atoms with E-state index in [1.807, 2.05) is 43.5 Å². The Bertz CT molecular complexity index is 1010. The number of carbonyl (C=O) groups is 2. The van der Waals surface area contributed by atoms with Gasteiger partial charge in [-0.05, 0) is 49.6 Å². The van der Waals surface area contributed by atoms with Crippen LogP contribution < -0.4 is 10.6 Å². The van der Waals surface area contributed by atoms with Crippen LogP contribution in [0.3, 0.4) is 0 Å². The average molecular weight is 392 g/mol. The third-order valence-electron chi connectivity index (χ3n) is 3.96. The molecule has 0 saturated heterocycles. The summed E-state index contributed by atoms with van der Waals surface area (Å²) >= 11 is 1.53. The smallest absolute Gasteiger partial charge is 0.272 e. The molecule has 142 valence electrons. The van der Waals surface area contributed by atoms with E-state index in [4.69, 9.17) is 4.42 Å². The van der Waals surface area contributed by atoms with Gasteiger partial charge in [0.2, 0.25) is 0 Å². The molecule has 0 radical (unpaired) electrons. The van der Waals surface area contributed by atoms with E-state index in [2.05, 4.69) is 10.6 Å². The zero-order chi connectivity index (χ0) is 19.9. The number of nitrogens with one attached hydrogen (secondary N) is 2. The van der Waals surface area contributed by atoms with Crippen LogP contribution in [0.25, 0.3) is 6.08 Å². The fraction of sp³-hybridized carbons (Fsp3) is 0.0909. The molecule has 0 spiro atoms. The van der Waals surface area contributed by atoms with Crippen LogP contribution in [-0.2, 0) is 4.79 Å². The summed E-state index contributed by atoms with van der Waals surface area (Å²) < 4.78 is 5.30. The molecule has 5 nitrogen and oxygen atoms in total. The molecule has 3 aromatic rings. The minimum Gasteiger partial charge on any atom is -0.465 e. The molecule has 0 saturated carbocycles. The number of amides is 2. The maximum Gasteiger partial charge on any atom is 0.272 e. The van der Waals surface area contributed by atoms with Crippen molar-refractivity contribution < 1.29 is 14.0 Å². The largest absolute Gasteiger partial charge is 0.465 e. The van der Waals surface area contributed by atoms with Gasteiger partial charge in [-0.15, -0.1) is 11.8 Å². The molecule has 3 rings (SSSR count). The lowest BCUT2D eigenvalue weighted by Crippen LogP contribution is -2.30. The van der Waals surface area contributed by atoms with Crippen molar-refractivity contribution in [1.82, 2.24) is 5.32 Å². The molecule has 0 bridgehead atoms. The normalized spacial score (nSPS) is 11.1. The lowest BCUT2D eigenvalue weighted by molar-refractivity contribution is -0.113. The van der Waals surface area contributed by atoms with E-state index >= 15 is 0 Å².